The van der Waals surface area contributed by atoms with E-state index < -0.39 is 11.7 Å². The zero-order chi connectivity index (χ0) is 29.0. The number of ether oxygens (including phenoxy) is 1. The van der Waals surface area contributed by atoms with Crippen molar-refractivity contribution in [2.75, 3.05) is 5.73 Å². The normalized spacial score (nSPS) is 11.3. The third kappa shape index (κ3) is 7.66. The molecule has 2 amide bonds. The van der Waals surface area contributed by atoms with E-state index in [1.807, 2.05) is 38.1 Å². The minimum Gasteiger partial charge on any atom is -0.444 e. The number of alkyl carbamates (subject to hydrolysis) is 1. The van der Waals surface area contributed by atoms with Crippen molar-refractivity contribution in [1.82, 2.24) is 25.6 Å². The number of carbonyl (C=O) groups excluding carboxylic acids is 2. The Kier molecular flexibility index (Phi) is 8.54. The Balaban J connectivity index is 1.59. The van der Waals surface area contributed by atoms with E-state index in [4.69, 9.17) is 27.1 Å². The highest BCUT2D eigenvalue weighted by molar-refractivity contribution is 6.31. The lowest BCUT2D eigenvalue weighted by Crippen LogP contribution is -2.32. The summed E-state index contributed by atoms with van der Waals surface area (Å²) in [6.45, 7) is 9.57. The first-order valence-electron chi connectivity index (χ1n) is 12.9. The molecule has 0 spiro atoms. The smallest absolute Gasteiger partial charge is 0.407 e. The number of nitrogens with zero attached hydrogens (tertiary/aromatic N) is 3. The molecule has 0 aliphatic heterocycles. The number of nitrogens with one attached hydrogen (secondary N) is 2. The zero-order valence-electron chi connectivity index (χ0n) is 23.3. The summed E-state index contributed by atoms with van der Waals surface area (Å²) in [5.41, 5.74) is 11.3. The number of aryl methyl sites for hydroxylation is 2. The molecule has 4 N–H and O–H groups in total. The average Bonchev–Trinajstić information content (AvgIpc) is 2.85. The minimum atomic E-state index is -0.633. The van der Waals surface area contributed by atoms with Crippen molar-refractivity contribution in [3.05, 3.63) is 93.0 Å². The number of anilines is 1. The standard InChI is InChI=1S/C30H33ClN6O3/c1-17-8-27(32)36-18(2)25(17)16-34-28(38)21-12-23(37-24(13-21)15-35-29(39)40-30(3,4)5)10-19-6-7-26-20(9-19)11-22(31)14-33-26/h6-9,11-14H,10,15-16H2,1-5H3,(H2,32,36)(H,34,38)(H,35,39). The van der Waals surface area contributed by atoms with Crippen LogP contribution in [0.5, 0.6) is 0 Å². The number of hydrogen-bond donors (Lipinski definition) is 3. The van der Waals surface area contributed by atoms with Gasteiger partial charge in [-0.1, -0.05) is 17.7 Å². The number of amides is 2. The van der Waals surface area contributed by atoms with E-state index in [2.05, 4.69) is 20.6 Å². The Hall–Kier alpha value is -4.24. The molecule has 4 aromatic rings. The molecule has 4 rings (SSSR count). The molecule has 0 unspecified atom stereocenters. The molecule has 0 fully saturated rings. The van der Waals surface area contributed by atoms with Crippen LogP contribution in [0.25, 0.3) is 10.9 Å². The Morgan fingerprint density at radius 3 is 2.45 bits per heavy atom. The van der Waals surface area contributed by atoms with Gasteiger partial charge in [-0.15, -0.1) is 0 Å². The predicted octanol–water partition coefficient (Wildman–Crippen LogP) is 5.42. The van der Waals surface area contributed by atoms with Crippen LogP contribution >= 0.6 is 11.6 Å². The maximum absolute atomic E-state index is 13.3. The summed E-state index contributed by atoms with van der Waals surface area (Å²) >= 11 is 6.13. The Morgan fingerprint density at radius 1 is 0.975 bits per heavy atom. The molecule has 0 radical (unpaired) electrons. The molecule has 0 aliphatic rings. The largest absolute Gasteiger partial charge is 0.444 e. The third-order valence-corrected chi connectivity index (χ3v) is 6.31. The van der Waals surface area contributed by atoms with E-state index in [1.165, 1.54) is 0 Å². The molecule has 0 bridgehead atoms. The van der Waals surface area contributed by atoms with E-state index in [-0.39, 0.29) is 12.5 Å². The van der Waals surface area contributed by atoms with Crippen LogP contribution in [-0.2, 0) is 24.2 Å². The lowest BCUT2D eigenvalue weighted by atomic mass is 10.0. The van der Waals surface area contributed by atoms with Crippen LogP contribution in [0.15, 0.2) is 48.7 Å². The number of pyridine rings is 3. The quantitative estimate of drug-likeness (QED) is 0.275. The molecule has 3 heterocycles. The van der Waals surface area contributed by atoms with Gasteiger partial charge >= 0.3 is 6.09 Å². The monoisotopic (exact) mass is 560 g/mol. The first-order chi connectivity index (χ1) is 18.9. The molecule has 3 aromatic heterocycles. The highest BCUT2D eigenvalue weighted by atomic mass is 35.5. The van der Waals surface area contributed by atoms with Gasteiger partial charge < -0.3 is 21.1 Å². The number of aromatic nitrogens is 3. The highest BCUT2D eigenvalue weighted by Crippen LogP contribution is 2.21. The summed E-state index contributed by atoms with van der Waals surface area (Å²) in [6.07, 6.45) is 1.51. The fourth-order valence-corrected chi connectivity index (χ4v) is 4.50. The zero-order valence-corrected chi connectivity index (χ0v) is 24.0. The predicted molar refractivity (Wildman–Crippen MR) is 156 cm³/mol. The fraction of sp³-hybridized carbons (Fsp3) is 0.300. The van der Waals surface area contributed by atoms with Gasteiger partial charge in [-0.2, -0.15) is 0 Å². The molecule has 0 saturated heterocycles. The number of nitrogens with two attached hydrogens (primary N) is 1. The van der Waals surface area contributed by atoms with Gasteiger partial charge in [-0.25, -0.2) is 9.78 Å². The Labute approximate surface area is 238 Å². The van der Waals surface area contributed by atoms with Crippen LogP contribution < -0.4 is 16.4 Å². The molecule has 208 valence electrons. The van der Waals surface area contributed by atoms with Gasteiger partial charge in [0.25, 0.3) is 5.91 Å². The van der Waals surface area contributed by atoms with Crippen LogP contribution in [0.1, 0.15) is 64.9 Å². The van der Waals surface area contributed by atoms with Gasteiger partial charge in [0.2, 0.25) is 0 Å². The van der Waals surface area contributed by atoms with Gasteiger partial charge in [0.05, 0.1) is 22.8 Å². The second kappa shape index (κ2) is 11.9. The molecule has 0 aliphatic carbocycles. The Morgan fingerprint density at radius 2 is 1.73 bits per heavy atom. The SMILES string of the molecule is Cc1cc(N)nc(C)c1CNC(=O)c1cc(CNC(=O)OC(C)(C)C)nc(Cc2ccc3ncc(Cl)cc3c2)c1. The number of rotatable bonds is 7. The van der Waals surface area contributed by atoms with Crippen molar-refractivity contribution < 1.29 is 14.3 Å². The number of fused-ring (bicyclic) bond motifs is 1. The van der Waals surface area contributed by atoms with Crippen LogP contribution in [0.2, 0.25) is 5.02 Å². The lowest BCUT2D eigenvalue weighted by Gasteiger charge is -2.19. The van der Waals surface area contributed by atoms with Crippen molar-refractivity contribution >= 4 is 40.3 Å². The summed E-state index contributed by atoms with van der Waals surface area (Å²) in [7, 11) is 0. The summed E-state index contributed by atoms with van der Waals surface area (Å²) in [6, 6.07) is 13.0. The second-order valence-electron chi connectivity index (χ2n) is 10.7. The Bertz CT molecular complexity index is 1560. The van der Waals surface area contributed by atoms with Crippen molar-refractivity contribution in [1.29, 1.82) is 0 Å². The van der Waals surface area contributed by atoms with E-state index in [1.54, 1.807) is 45.2 Å². The van der Waals surface area contributed by atoms with Crippen molar-refractivity contribution in [3.63, 3.8) is 0 Å². The van der Waals surface area contributed by atoms with Crippen LogP contribution in [0, 0.1) is 13.8 Å². The van der Waals surface area contributed by atoms with E-state index in [9.17, 15) is 9.59 Å². The molecule has 10 heteroatoms. The van der Waals surface area contributed by atoms with E-state index in [0.29, 0.717) is 40.8 Å². The van der Waals surface area contributed by atoms with Crippen molar-refractivity contribution in [2.45, 2.75) is 59.7 Å². The first-order valence-corrected chi connectivity index (χ1v) is 13.3. The number of nitrogen functional groups attached to an aromatic ring is 1. The summed E-state index contributed by atoms with van der Waals surface area (Å²) in [5.74, 6) is 0.171. The minimum absolute atomic E-state index is 0.0976. The van der Waals surface area contributed by atoms with Gasteiger partial charge in [0.15, 0.2) is 0 Å². The number of hydrogen-bond acceptors (Lipinski definition) is 7. The van der Waals surface area contributed by atoms with E-state index in [0.717, 1.165) is 33.3 Å². The lowest BCUT2D eigenvalue weighted by molar-refractivity contribution is 0.0522. The first kappa shape index (κ1) is 28.8. The summed E-state index contributed by atoms with van der Waals surface area (Å²) in [4.78, 5) is 38.9. The topological polar surface area (TPSA) is 132 Å². The second-order valence-corrected chi connectivity index (χ2v) is 11.1. The number of benzene rings is 1. The molecule has 40 heavy (non-hydrogen) atoms. The van der Waals surface area contributed by atoms with Crippen LogP contribution in [0.3, 0.4) is 0 Å². The molecule has 1 aromatic carbocycles. The van der Waals surface area contributed by atoms with E-state index >= 15 is 0 Å². The number of halogens is 1. The molecular formula is C30H33ClN6O3. The maximum Gasteiger partial charge on any atom is 0.407 e. The van der Waals surface area contributed by atoms with Gasteiger partial charge in [-0.05, 0) is 87.7 Å². The number of carbonyl (C=O) groups is 2. The highest BCUT2D eigenvalue weighted by Gasteiger charge is 2.17. The maximum atomic E-state index is 13.3. The molecule has 0 saturated carbocycles. The van der Waals surface area contributed by atoms with Gasteiger partial charge in [-0.3, -0.25) is 14.8 Å². The molecule has 0 atom stereocenters. The van der Waals surface area contributed by atoms with Crippen LogP contribution in [-0.4, -0.2) is 32.6 Å². The summed E-state index contributed by atoms with van der Waals surface area (Å²) in [5, 5.41) is 7.17. The summed E-state index contributed by atoms with van der Waals surface area (Å²) < 4.78 is 5.34. The average molecular weight is 561 g/mol. The molecular weight excluding hydrogens is 528 g/mol. The van der Waals surface area contributed by atoms with Crippen molar-refractivity contribution in [3.8, 4) is 0 Å². The van der Waals surface area contributed by atoms with Crippen LogP contribution in [0.4, 0.5) is 10.6 Å². The molecule has 9 nitrogen and oxygen atoms in total. The van der Waals surface area contributed by atoms with Crippen molar-refractivity contribution in [2.24, 2.45) is 0 Å². The van der Waals surface area contributed by atoms with Gasteiger partial charge in [0.1, 0.15) is 11.4 Å². The third-order valence-electron chi connectivity index (χ3n) is 6.10. The van der Waals surface area contributed by atoms with Gasteiger partial charge in [0, 0.05) is 41.5 Å². The fourth-order valence-electron chi connectivity index (χ4n) is 4.34.